The molecule has 202 valence electrons. The lowest BCUT2D eigenvalue weighted by molar-refractivity contribution is -0.123. The number of hydrogen-bond acceptors (Lipinski definition) is 8. The topological polar surface area (TPSA) is 91.4 Å². The van der Waals surface area contributed by atoms with Crippen LogP contribution in [-0.4, -0.2) is 48.9 Å². The van der Waals surface area contributed by atoms with Crippen molar-refractivity contribution in [1.82, 2.24) is 4.90 Å². The number of benzene rings is 3. The van der Waals surface area contributed by atoms with Crippen LogP contribution in [0.4, 0.5) is 4.79 Å². The first-order valence-corrected chi connectivity index (χ1v) is 13.7. The highest BCUT2D eigenvalue weighted by molar-refractivity contribution is 9.10. The summed E-state index contributed by atoms with van der Waals surface area (Å²) in [6.45, 7) is 2.28. The first-order chi connectivity index (χ1) is 18.8. The standard InChI is InChI=1S/C28H23BrClNO7S/c1-3-36-23-15-17(14-20(29)25(23)38-27(33)18-8-10-19(35-2)11-9-18)16-24-26(32)31(28(34)39-24)12-13-37-22-7-5-4-6-21(22)30/h4-11,14-16H,3,12-13H2,1-2H3/b24-16-. The monoisotopic (exact) mass is 631 g/mol. The van der Waals surface area contributed by atoms with Gasteiger partial charge >= 0.3 is 5.97 Å². The number of methoxy groups -OCH3 is 1. The van der Waals surface area contributed by atoms with Crippen LogP contribution in [0.15, 0.2) is 70.0 Å². The van der Waals surface area contributed by atoms with E-state index in [4.69, 9.17) is 30.5 Å². The van der Waals surface area contributed by atoms with Gasteiger partial charge in [0.05, 0.1) is 40.2 Å². The SMILES string of the molecule is CCOc1cc(/C=C2\SC(=O)N(CCOc3ccccc3Cl)C2=O)cc(Br)c1OC(=O)c1ccc(OC)cc1. The highest BCUT2D eigenvalue weighted by atomic mass is 79.9. The molecule has 8 nitrogen and oxygen atoms in total. The number of hydrogen-bond donors (Lipinski definition) is 0. The Labute approximate surface area is 242 Å². The van der Waals surface area contributed by atoms with E-state index in [0.717, 1.165) is 16.7 Å². The number of nitrogens with zero attached hydrogens (tertiary/aromatic N) is 1. The molecule has 2 amide bonds. The van der Waals surface area contributed by atoms with Gasteiger partial charge in [-0.05, 0) is 94.8 Å². The summed E-state index contributed by atoms with van der Waals surface area (Å²) in [4.78, 5) is 39.6. The van der Waals surface area contributed by atoms with Gasteiger partial charge in [-0.15, -0.1) is 0 Å². The minimum absolute atomic E-state index is 0.0708. The number of amides is 2. The summed E-state index contributed by atoms with van der Waals surface area (Å²) >= 11 is 10.4. The third-order valence-electron chi connectivity index (χ3n) is 5.43. The van der Waals surface area contributed by atoms with E-state index >= 15 is 0 Å². The number of carbonyl (C=O) groups is 3. The van der Waals surface area contributed by atoms with Crippen LogP contribution < -0.4 is 18.9 Å². The maximum absolute atomic E-state index is 13.0. The van der Waals surface area contributed by atoms with E-state index in [-0.39, 0.29) is 23.8 Å². The maximum atomic E-state index is 13.0. The van der Waals surface area contributed by atoms with Gasteiger partial charge in [-0.2, -0.15) is 0 Å². The molecule has 1 aliphatic heterocycles. The second kappa shape index (κ2) is 13.1. The molecule has 0 unspecified atom stereocenters. The van der Waals surface area contributed by atoms with Gasteiger partial charge in [0, 0.05) is 0 Å². The summed E-state index contributed by atoms with van der Waals surface area (Å²) in [6.07, 6.45) is 1.59. The molecule has 3 aromatic rings. The zero-order chi connectivity index (χ0) is 27.9. The van der Waals surface area contributed by atoms with Crippen molar-refractivity contribution in [2.75, 3.05) is 26.9 Å². The summed E-state index contributed by atoms with van der Waals surface area (Å²) in [5, 5.41) is 0.0449. The molecule has 1 aliphatic rings. The number of para-hydroxylation sites is 1. The van der Waals surface area contributed by atoms with E-state index in [1.54, 1.807) is 73.7 Å². The summed E-state index contributed by atoms with van der Waals surface area (Å²) in [6, 6.07) is 16.8. The van der Waals surface area contributed by atoms with E-state index in [9.17, 15) is 14.4 Å². The van der Waals surface area contributed by atoms with Crippen LogP contribution in [0.5, 0.6) is 23.0 Å². The molecule has 0 spiro atoms. The molecule has 0 N–H and O–H groups in total. The lowest BCUT2D eigenvalue weighted by atomic mass is 10.1. The molecule has 4 rings (SSSR count). The molecule has 1 fully saturated rings. The lowest BCUT2D eigenvalue weighted by Gasteiger charge is -2.14. The summed E-state index contributed by atoms with van der Waals surface area (Å²) in [7, 11) is 1.54. The molecular weight excluding hydrogens is 610 g/mol. The van der Waals surface area contributed by atoms with Gasteiger partial charge in [-0.3, -0.25) is 14.5 Å². The largest absolute Gasteiger partial charge is 0.497 e. The van der Waals surface area contributed by atoms with Crippen LogP contribution in [0.1, 0.15) is 22.8 Å². The Morgan fingerprint density at radius 3 is 2.49 bits per heavy atom. The number of carbonyl (C=O) groups excluding carboxylic acids is 3. The van der Waals surface area contributed by atoms with Crippen molar-refractivity contribution in [3.63, 3.8) is 0 Å². The Bertz CT molecular complexity index is 1430. The minimum atomic E-state index is -0.577. The average Bonchev–Trinajstić information content (AvgIpc) is 3.19. The van der Waals surface area contributed by atoms with Crippen LogP contribution in [-0.2, 0) is 4.79 Å². The lowest BCUT2D eigenvalue weighted by Crippen LogP contribution is -2.32. The Morgan fingerprint density at radius 2 is 1.79 bits per heavy atom. The highest BCUT2D eigenvalue weighted by Gasteiger charge is 2.35. The van der Waals surface area contributed by atoms with Gasteiger partial charge in [-0.25, -0.2) is 4.79 Å². The number of rotatable bonds is 10. The van der Waals surface area contributed by atoms with Crippen molar-refractivity contribution >= 4 is 62.5 Å². The van der Waals surface area contributed by atoms with Crippen molar-refractivity contribution < 1.29 is 33.3 Å². The van der Waals surface area contributed by atoms with E-state index in [2.05, 4.69) is 15.9 Å². The predicted molar refractivity (Wildman–Crippen MR) is 153 cm³/mol. The molecule has 0 atom stereocenters. The number of halogens is 2. The van der Waals surface area contributed by atoms with Crippen LogP contribution in [0, 0.1) is 0 Å². The zero-order valence-corrected chi connectivity index (χ0v) is 24.1. The fraction of sp³-hybridized carbons (Fsp3) is 0.179. The van der Waals surface area contributed by atoms with Gasteiger partial charge < -0.3 is 18.9 Å². The fourth-order valence-electron chi connectivity index (χ4n) is 3.56. The zero-order valence-electron chi connectivity index (χ0n) is 20.9. The summed E-state index contributed by atoms with van der Waals surface area (Å²) in [5.41, 5.74) is 0.911. The molecule has 0 bridgehead atoms. The Hall–Kier alpha value is -3.47. The van der Waals surface area contributed by atoms with Gasteiger partial charge in [-0.1, -0.05) is 23.7 Å². The second-order valence-corrected chi connectivity index (χ2v) is 10.2. The van der Waals surface area contributed by atoms with E-state index in [0.29, 0.717) is 44.5 Å². The van der Waals surface area contributed by atoms with Crippen LogP contribution in [0.3, 0.4) is 0 Å². The van der Waals surface area contributed by atoms with Crippen LogP contribution >= 0.6 is 39.3 Å². The Balaban J connectivity index is 1.49. The fourth-order valence-corrected chi connectivity index (χ4v) is 5.16. The molecule has 1 saturated heterocycles. The molecule has 11 heteroatoms. The van der Waals surface area contributed by atoms with E-state index < -0.39 is 17.1 Å². The van der Waals surface area contributed by atoms with Gasteiger partial charge in [0.25, 0.3) is 11.1 Å². The first kappa shape index (κ1) is 28.5. The number of thioether (sulfide) groups is 1. The molecule has 0 aliphatic carbocycles. The normalized spacial score (nSPS) is 14.1. The molecule has 39 heavy (non-hydrogen) atoms. The van der Waals surface area contributed by atoms with Crippen LogP contribution in [0.2, 0.25) is 5.02 Å². The van der Waals surface area contributed by atoms with Gasteiger partial charge in [0.2, 0.25) is 0 Å². The van der Waals surface area contributed by atoms with Crippen molar-refractivity contribution in [3.8, 4) is 23.0 Å². The van der Waals surface area contributed by atoms with E-state index in [1.807, 2.05) is 0 Å². The predicted octanol–water partition coefficient (Wildman–Crippen LogP) is 6.84. The van der Waals surface area contributed by atoms with Crippen molar-refractivity contribution in [1.29, 1.82) is 0 Å². The second-order valence-electron chi connectivity index (χ2n) is 7.99. The van der Waals surface area contributed by atoms with Crippen LogP contribution in [0.25, 0.3) is 6.08 Å². The smallest absolute Gasteiger partial charge is 0.343 e. The molecule has 1 heterocycles. The number of ether oxygens (including phenoxy) is 4. The third kappa shape index (κ3) is 6.95. The average molecular weight is 633 g/mol. The molecule has 0 aromatic heterocycles. The number of imide groups is 1. The Kier molecular flexibility index (Phi) is 9.55. The minimum Gasteiger partial charge on any atom is -0.497 e. The Morgan fingerprint density at radius 1 is 1.05 bits per heavy atom. The first-order valence-electron chi connectivity index (χ1n) is 11.8. The van der Waals surface area contributed by atoms with Crippen molar-refractivity contribution in [3.05, 3.63) is 86.2 Å². The van der Waals surface area contributed by atoms with Crippen molar-refractivity contribution in [2.24, 2.45) is 0 Å². The summed E-state index contributed by atoms with van der Waals surface area (Å²) < 4.78 is 22.5. The van der Waals surface area contributed by atoms with Crippen molar-refractivity contribution in [2.45, 2.75) is 6.92 Å². The van der Waals surface area contributed by atoms with Gasteiger partial charge in [0.1, 0.15) is 18.1 Å². The molecular formula is C28H23BrClNO7S. The van der Waals surface area contributed by atoms with Gasteiger partial charge in [0.15, 0.2) is 11.5 Å². The molecule has 0 saturated carbocycles. The molecule has 3 aromatic carbocycles. The third-order valence-corrected chi connectivity index (χ3v) is 7.24. The quantitative estimate of drug-likeness (QED) is 0.136. The van der Waals surface area contributed by atoms with E-state index in [1.165, 1.54) is 7.11 Å². The highest BCUT2D eigenvalue weighted by Crippen LogP contribution is 2.40. The number of esters is 1. The summed E-state index contributed by atoms with van der Waals surface area (Å²) in [5.74, 6) is 0.573. The molecule has 0 radical (unpaired) electrons. The maximum Gasteiger partial charge on any atom is 0.343 e.